The standard InChI is InChI=1S/C15H13F9O2/c1-10(25,8-4-3-5-9(6-8)26-2)7-11(16)12(17,18)14(21,22)15(23,24)13(11,19)20/h3-6,25H,7H2,1-2H3. The van der Waals surface area contributed by atoms with Gasteiger partial charge in [0.2, 0.25) is 0 Å². The quantitative estimate of drug-likeness (QED) is 0.757. The first kappa shape index (κ1) is 20.7. The minimum absolute atomic E-state index is 0.00344. The Balaban J connectivity index is 2.58. The molecule has 0 aliphatic heterocycles. The summed E-state index contributed by atoms with van der Waals surface area (Å²) in [6.07, 6.45) is -2.42. The molecule has 148 valence electrons. The summed E-state index contributed by atoms with van der Waals surface area (Å²) in [6.45, 7) is 0.559. The Kier molecular flexibility index (Phi) is 4.31. The molecule has 1 aromatic rings. The van der Waals surface area contributed by atoms with Gasteiger partial charge in [0.1, 0.15) is 5.75 Å². The van der Waals surface area contributed by atoms with E-state index >= 15 is 0 Å². The molecule has 1 aromatic carbocycles. The summed E-state index contributed by atoms with van der Waals surface area (Å²) in [5.41, 5.74) is -9.12. The average Bonchev–Trinajstić information content (AvgIpc) is 2.57. The summed E-state index contributed by atoms with van der Waals surface area (Å²) in [5, 5.41) is 10.2. The number of alkyl halides is 9. The molecule has 1 unspecified atom stereocenters. The molecule has 1 atom stereocenters. The van der Waals surface area contributed by atoms with Crippen LogP contribution in [0.4, 0.5) is 39.5 Å². The number of methoxy groups -OCH3 is 1. The fourth-order valence-electron chi connectivity index (χ4n) is 2.85. The van der Waals surface area contributed by atoms with Gasteiger partial charge in [-0.2, -0.15) is 35.1 Å². The first-order valence-corrected chi connectivity index (χ1v) is 7.07. The molecular formula is C15H13F9O2. The monoisotopic (exact) mass is 396 g/mol. The molecule has 2 rings (SSSR count). The number of hydrogen-bond acceptors (Lipinski definition) is 2. The predicted octanol–water partition coefficient (Wildman–Crippen LogP) is 4.56. The maximum atomic E-state index is 14.6. The molecule has 0 aromatic heterocycles. The number of rotatable bonds is 4. The summed E-state index contributed by atoms with van der Waals surface area (Å²) in [4.78, 5) is 0. The zero-order valence-corrected chi connectivity index (χ0v) is 13.3. The van der Waals surface area contributed by atoms with Crippen molar-refractivity contribution >= 4 is 0 Å². The van der Waals surface area contributed by atoms with E-state index in [-0.39, 0.29) is 5.75 Å². The molecule has 0 heterocycles. The highest BCUT2D eigenvalue weighted by Crippen LogP contribution is 2.70. The van der Waals surface area contributed by atoms with E-state index in [9.17, 15) is 44.6 Å². The first-order valence-electron chi connectivity index (χ1n) is 7.07. The highest BCUT2D eigenvalue weighted by atomic mass is 19.4. The van der Waals surface area contributed by atoms with Crippen LogP contribution in [0.25, 0.3) is 0 Å². The topological polar surface area (TPSA) is 29.5 Å². The van der Waals surface area contributed by atoms with Crippen molar-refractivity contribution in [2.24, 2.45) is 0 Å². The lowest BCUT2D eigenvalue weighted by atomic mass is 9.80. The highest BCUT2D eigenvalue weighted by molar-refractivity contribution is 5.34. The van der Waals surface area contributed by atoms with Gasteiger partial charge in [-0.15, -0.1) is 0 Å². The van der Waals surface area contributed by atoms with E-state index in [0.29, 0.717) is 6.92 Å². The number of benzene rings is 1. The second-order valence-electron chi connectivity index (χ2n) is 6.28. The molecule has 0 saturated heterocycles. The van der Waals surface area contributed by atoms with Crippen LogP contribution in [0.1, 0.15) is 18.9 Å². The second-order valence-corrected chi connectivity index (χ2v) is 6.28. The molecule has 1 fully saturated rings. The maximum absolute atomic E-state index is 14.6. The van der Waals surface area contributed by atoms with Gasteiger partial charge in [0.05, 0.1) is 12.7 Å². The Morgan fingerprint density at radius 2 is 1.35 bits per heavy atom. The first-order chi connectivity index (χ1) is 11.5. The van der Waals surface area contributed by atoms with Gasteiger partial charge in [-0.25, -0.2) is 4.39 Å². The molecule has 0 amide bonds. The molecule has 0 spiro atoms. The van der Waals surface area contributed by atoms with E-state index in [0.717, 1.165) is 19.2 Å². The number of ether oxygens (including phenoxy) is 1. The van der Waals surface area contributed by atoms with Gasteiger partial charge in [0, 0.05) is 6.42 Å². The molecule has 2 nitrogen and oxygen atoms in total. The van der Waals surface area contributed by atoms with Crippen molar-refractivity contribution in [3.05, 3.63) is 29.8 Å². The van der Waals surface area contributed by atoms with E-state index in [4.69, 9.17) is 4.74 Å². The normalized spacial score (nSPS) is 26.9. The molecule has 1 N–H and O–H groups in total. The lowest BCUT2D eigenvalue weighted by Gasteiger charge is -2.37. The fraction of sp³-hybridized carbons (Fsp3) is 0.600. The van der Waals surface area contributed by atoms with Crippen LogP contribution in [-0.2, 0) is 5.60 Å². The Labute approximate surface area is 141 Å². The van der Waals surface area contributed by atoms with Gasteiger partial charge in [-0.3, -0.25) is 0 Å². The smallest absolute Gasteiger partial charge is 0.381 e. The third kappa shape index (κ3) is 2.25. The summed E-state index contributed by atoms with van der Waals surface area (Å²) in [6, 6.07) is 4.38. The van der Waals surface area contributed by atoms with Crippen molar-refractivity contribution in [2.75, 3.05) is 7.11 Å². The van der Waals surface area contributed by atoms with E-state index in [1.165, 1.54) is 12.1 Å². The summed E-state index contributed by atoms with van der Waals surface area (Å²) < 4.78 is 127. The number of halogens is 9. The SMILES string of the molecule is COc1cccc(C(C)(O)CC2(F)C(F)(F)C(F)(F)C(F)(F)C2(F)F)c1. The molecule has 1 aliphatic rings. The second kappa shape index (κ2) is 5.43. The van der Waals surface area contributed by atoms with Crippen molar-refractivity contribution in [3.63, 3.8) is 0 Å². The molecule has 1 saturated carbocycles. The van der Waals surface area contributed by atoms with Gasteiger partial charge in [-0.1, -0.05) is 12.1 Å². The lowest BCUT2D eigenvalue weighted by Crippen LogP contribution is -2.57. The number of hydrogen-bond donors (Lipinski definition) is 1. The molecule has 26 heavy (non-hydrogen) atoms. The van der Waals surface area contributed by atoms with E-state index < -0.39 is 46.9 Å². The average molecular weight is 396 g/mol. The van der Waals surface area contributed by atoms with Crippen LogP contribution < -0.4 is 4.74 Å². The number of aliphatic hydroxyl groups is 1. The highest BCUT2D eigenvalue weighted by Gasteiger charge is 3.00. The summed E-state index contributed by atoms with van der Waals surface area (Å²) in [5.74, 6) is -26.2. The van der Waals surface area contributed by atoms with Crippen molar-refractivity contribution in [3.8, 4) is 5.75 Å². The van der Waals surface area contributed by atoms with Crippen LogP contribution in [-0.4, -0.2) is 41.6 Å². The van der Waals surface area contributed by atoms with Gasteiger partial charge < -0.3 is 9.84 Å². The third-order valence-corrected chi connectivity index (χ3v) is 4.46. The molecule has 0 bridgehead atoms. The molecule has 11 heteroatoms. The lowest BCUT2D eigenvalue weighted by molar-refractivity contribution is -0.303. The van der Waals surface area contributed by atoms with Crippen LogP contribution in [0, 0.1) is 0 Å². The minimum Gasteiger partial charge on any atom is -0.497 e. The third-order valence-electron chi connectivity index (χ3n) is 4.46. The largest absolute Gasteiger partial charge is 0.497 e. The predicted molar refractivity (Wildman–Crippen MR) is 70.8 cm³/mol. The van der Waals surface area contributed by atoms with Crippen molar-refractivity contribution in [2.45, 2.75) is 48.3 Å². The van der Waals surface area contributed by atoms with Crippen LogP contribution in [0.5, 0.6) is 5.75 Å². The molecule has 0 radical (unpaired) electrons. The Morgan fingerprint density at radius 1 is 0.885 bits per heavy atom. The van der Waals surface area contributed by atoms with Crippen molar-refractivity contribution in [1.82, 2.24) is 0 Å². The minimum atomic E-state index is -6.66. The van der Waals surface area contributed by atoms with Crippen LogP contribution in [0.2, 0.25) is 0 Å². The van der Waals surface area contributed by atoms with Crippen LogP contribution in [0.15, 0.2) is 24.3 Å². The van der Waals surface area contributed by atoms with Gasteiger partial charge in [0.25, 0.3) is 5.67 Å². The Morgan fingerprint density at radius 3 is 1.77 bits per heavy atom. The summed E-state index contributed by atoms with van der Waals surface area (Å²) in [7, 11) is 1.16. The fourth-order valence-corrected chi connectivity index (χ4v) is 2.85. The zero-order valence-electron chi connectivity index (χ0n) is 13.3. The zero-order chi connectivity index (χ0) is 20.4. The Bertz CT molecular complexity index is 674. The molecule has 1 aliphatic carbocycles. The van der Waals surface area contributed by atoms with Gasteiger partial charge in [-0.05, 0) is 24.6 Å². The summed E-state index contributed by atoms with van der Waals surface area (Å²) >= 11 is 0. The van der Waals surface area contributed by atoms with Crippen molar-refractivity contribution in [1.29, 1.82) is 0 Å². The van der Waals surface area contributed by atoms with Crippen LogP contribution >= 0.6 is 0 Å². The van der Waals surface area contributed by atoms with E-state index in [2.05, 4.69) is 0 Å². The maximum Gasteiger partial charge on any atom is 0.381 e. The Hall–Kier alpha value is -1.65. The van der Waals surface area contributed by atoms with Crippen LogP contribution in [0.3, 0.4) is 0 Å². The van der Waals surface area contributed by atoms with Gasteiger partial charge in [0.15, 0.2) is 0 Å². The van der Waals surface area contributed by atoms with E-state index in [1.807, 2.05) is 0 Å². The van der Waals surface area contributed by atoms with E-state index in [1.54, 1.807) is 0 Å². The van der Waals surface area contributed by atoms with Crippen molar-refractivity contribution < 1.29 is 49.4 Å². The molecular weight excluding hydrogens is 383 g/mol. The van der Waals surface area contributed by atoms with Gasteiger partial charge >= 0.3 is 23.7 Å².